The first-order chi connectivity index (χ1) is 15.6. The fraction of sp³-hybridized carbons (Fsp3) is 0.250. The van der Waals surface area contributed by atoms with E-state index in [2.05, 4.69) is 15.2 Å². The number of alkyl halides is 2. The zero-order chi connectivity index (χ0) is 23.8. The molecule has 4 rings (SSSR count). The average Bonchev–Trinajstić information content (AvgIpc) is 3.07. The number of anilines is 1. The van der Waals surface area contributed by atoms with Crippen LogP contribution in [0.15, 0.2) is 50.9 Å². The summed E-state index contributed by atoms with van der Waals surface area (Å²) in [6.45, 7) is -1.29. The molecule has 1 aliphatic heterocycles. The second-order valence-electron chi connectivity index (χ2n) is 7.40. The number of hydrogen-bond donors (Lipinski definition) is 4. The van der Waals surface area contributed by atoms with Crippen LogP contribution in [0, 0.1) is 0 Å². The minimum Gasteiger partial charge on any atom is -0.478 e. The lowest BCUT2D eigenvalue weighted by molar-refractivity contribution is -0.110. The molecule has 0 spiro atoms. The largest absolute Gasteiger partial charge is 0.478 e. The number of rotatable bonds is 6. The fourth-order valence-corrected chi connectivity index (χ4v) is 3.42. The quantitative estimate of drug-likeness (QED) is 0.414. The van der Waals surface area contributed by atoms with E-state index in [1.165, 1.54) is 30.3 Å². The predicted octanol–water partition coefficient (Wildman–Crippen LogP) is 0.552. The van der Waals surface area contributed by atoms with Crippen molar-refractivity contribution in [3.63, 3.8) is 0 Å². The van der Waals surface area contributed by atoms with Crippen molar-refractivity contribution in [3.8, 4) is 11.3 Å². The van der Waals surface area contributed by atoms with Gasteiger partial charge in [-0.3, -0.25) is 14.6 Å². The number of nitrogens with one attached hydrogen (secondary N) is 3. The summed E-state index contributed by atoms with van der Waals surface area (Å²) >= 11 is 0. The molecule has 11 nitrogen and oxygen atoms in total. The second-order valence-corrected chi connectivity index (χ2v) is 7.40. The molecule has 1 aromatic carbocycles. The summed E-state index contributed by atoms with van der Waals surface area (Å²) in [7, 11) is 0. The molecule has 1 fully saturated rings. The predicted molar refractivity (Wildman–Crippen MR) is 111 cm³/mol. The van der Waals surface area contributed by atoms with Gasteiger partial charge in [-0.1, -0.05) is 12.1 Å². The molecule has 13 heteroatoms. The molecule has 0 amide bonds. The van der Waals surface area contributed by atoms with E-state index in [1.807, 2.05) is 4.98 Å². The van der Waals surface area contributed by atoms with Crippen molar-refractivity contribution < 1.29 is 23.4 Å². The van der Waals surface area contributed by atoms with E-state index in [0.717, 1.165) is 11.1 Å². The molecule has 2 aromatic heterocycles. The molecule has 4 N–H and O–H groups in total. The maximum Gasteiger partial charge on any atom is 0.335 e. The summed E-state index contributed by atoms with van der Waals surface area (Å²) in [5.41, 5.74) is -1.87. The van der Waals surface area contributed by atoms with Crippen molar-refractivity contribution in [2.75, 3.05) is 18.0 Å². The van der Waals surface area contributed by atoms with Gasteiger partial charge in [0.15, 0.2) is 0 Å². The van der Waals surface area contributed by atoms with E-state index in [1.54, 1.807) is 0 Å². The van der Waals surface area contributed by atoms with Crippen LogP contribution < -0.4 is 21.7 Å². The Morgan fingerprint density at radius 2 is 1.94 bits per heavy atom. The van der Waals surface area contributed by atoms with Gasteiger partial charge in [-0.05, 0) is 23.8 Å². The Bertz CT molecular complexity index is 1360. The van der Waals surface area contributed by atoms with Gasteiger partial charge in [0, 0.05) is 6.20 Å². The number of carboxylic acid groups (broad SMARTS) is 1. The Balaban J connectivity index is 1.53. The highest BCUT2D eigenvalue weighted by Gasteiger charge is 2.49. The van der Waals surface area contributed by atoms with Gasteiger partial charge in [0.1, 0.15) is 11.8 Å². The van der Waals surface area contributed by atoms with Gasteiger partial charge in [0.25, 0.3) is 17.0 Å². The third-order valence-corrected chi connectivity index (χ3v) is 5.13. The summed E-state index contributed by atoms with van der Waals surface area (Å²) in [5.74, 6) is -4.39. The summed E-state index contributed by atoms with van der Waals surface area (Å²) in [4.78, 5) is 51.8. The summed E-state index contributed by atoms with van der Waals surface area (Å²) < 4.78 is 34.6. The molecular weight excluding hydrogens is 444 g/mol. The zero-order valence-electron chi connectivity index (χ0n) is 16.8. The molecule has 1 saturated heterocycles. The van der Waals surface area contributed by atoms with Crippen molar-refractivity contribution in [2.24, 2.45) is 0 Å². The highest BCUT2D eigenvalue weighted by Crippen LogP contribution is 2.33. The van der Waals surface area contributed by atoms with Crippen LogP contribution in [0.25, 0.3) is 11.3 Å². The van der Waals surface area contributed by atoms with Gasteiger partial charge >= 0.3 is 11.7 Å². The van der Waals surface area contributed by atoms with E-state index >= 15 is 0 Å². The number of aromatic carboxylic acids is 1. The molecule has 3 aromatic rings. The normalized spacial score (nSPS) is 17.3. The Hall–Kier alpha value is -4.13. The number of ether oxygens (including phenoxy) is 1. The van der Waals surface area contributed by atoms with Crippen molar-refractivity contribution in [2.45, 2.75) is 18.6 Å². The van der Waals surface area contributed by atoms with E-state index in [9.17, 15) is 28.0 Å². The topological polar surface area (TPSA) is 161 Å². The molecule has 3 heterocycles. The van der Waals surface area contributed by atoms with Crippen LogP contribution in [0.2, 0.25) is 0 Å². The maximum absolute atomic E-state index is 14.6. The lowest BCUT2D eigenvalue weighted by atomic mass is 10.1. The molecule has 1 aliphatic rings. The molecule has 1 unspecified atom stereocenters. The molecule has 1 atom stereocenters. The number of aromatic amines is 3. The Morgan fingerprint density at radius 3 is 2.61 bits per heavy atom. The Labute approximate surface area is 182 Å². The average molecular weight is 461 g/mol. The number of nitrogens with zero attached hydrogens (tertiary/aromatic N) is 2. The van der Waals surface area contributed by atoms with Gasteiger partial charge in [-0.15, -0.1) is 0 Å². The first-order valence-corrected chi connectivity index (χ1v) is 9.63. The van der Waals surface area contributed by atoms with Crippen LogP contribution in [0.1, 0.15) is 15.9 Å². The first kappa shape index (κ1) is 22.1. The van der Waals surface area contributed by atoms with Crippen molar-refractivity contribution >= 4 is 11.7 Å². The minimum absolute atomic E-state index is 0.0201. The van der Waals surface area contributed by atoms with Gasteiger partial charge in [-0.25, -0.2) is 23.5 Å². The van der Waals surface area contributed by atoms with Crippen LogP contribution in [0.5, 0.6) is 0 Å². The third kappa shape index (κ3) is 4.57. The monoisotopic (exact) mass is 461 g/mol. The Kier molecular flexibility index (Phi) is 5.64. The summed E-state index contributed by atoms with van der Waals surface area (Å²) in [5, 5.41) is 14.9. The highest BCUT2D eigenvalue weighted by atomic mass is 19.3. The molecule has 0 aliphatic carbocycles. The first-order valence-electron chi connectivity index (χ1n) is 9.63. The number of carboxylic acids is 1. The summed E-state index contributed by atoms with van der Waals surface area (Å²) in [6, 6.07) is 6.81. The molecule has 0 bridgehead atoms. The molecule has 172 valence electrons. The van der Waals surface area contributed by atoms with E-state index < -0.39 is 41.3 Å². The highest BCUT2D eigenvalue weighted by molar-refractivity contribution is 5.87. The van der Waals surface area contributed by atoms with Crippen LogP contribution in [0.3, 0.4) is 0 Å². The lowest BCUT2D eigenvalue weighted by Gasteiger charge is -2.17. The van der Waals surface area contributed by atoms with Crippen molar-refractivity contribution in [1.82, 2.24) is 20.2 Å². The number of benzene rings is 1. The molecule has 0 radical (unpaired) electrons. The van der Waals surface area contributed by atoms with Gasteiger partial charge in [0.2, 0.25) is 0 Å². The van der Waals surface area contributed by atoms with Gasteiger partial charge in [0.05, 0.1) is 36.5 Å². The van der Waals surface area contributed by atoms with Crippen LogP contribution in [-0.4, -0.2) is 56.4 Å². The van der Waals surface area contributed by atoms with Crippen LogP contribution >= 0.6 is 0 Å². The smallest absolute Gasteiger partial charge is 0.335 e. The second kappa shape index (κ2) is 8.43. The molecule has 0 saturated carbocycles. The van der Waals surface area contributed by atoms with Crippen molar-refractivity contribution in [1.29, 1.82) is 0 Å². The van der Waals surface area contributed by atoms with Crippen molar-refractivity contribution in [3.05, 3.63) is 78.8 Å². The fourth-order valence-electron chi connectivity index (χ4n) is 3.42. The standard InChI is InChI=1S/C20H17F2N5O6/c21-20(22)9-27(7-15(20)33-8-10-1-3-11(4-2-10)18(30)31)14-5-13(25-26-17(14)29)12-6-23-19(32)24-16(12)28/h1-6,15H,7-9H2,(H,26,29)(H,30,31)(H2,23,24,28,32). The number of aromatic nitrogens is 4. The van der Waals surface area contributed by atoms with E-state index in [-0.39, 0.29) is 35.7 Å². The minimum atomic E-state index is -3.29. The van der Waals surface area contributed by atoms with E-state index in [4.69, 9.17) is 9.84 Å². The molecular formula is C20H17F2N5O6. The number of carbonyl (C=O) groups is 1. The maximum atomic E-state index is 14.6. The third-order valence-electron chi connectivity index (χ3n) is 5.13. The zero-order valence-corrected chi connectivity index (χ0v) is 16.8. The number of hydrogen-bond acceptors (Lipinski definition) is 7. The van der Waals surface area contributed by atoms with Crippen LogP contribution in [-0.2, 0) is 11.3 Å². The van der Waals surface area contributed by atoms with Crippen LogP contribution in [0.4, 0.5) is 14.5 Å². The Morgan fingerprint density at radius 1 is 1.21 bits per heavy atom. The molecule has 33 heavy (non-hydrogen) atoms. The lowest BCUT2D eigenvalue weighted by Crippen LogP contribution is -2.34. The van der Waals surface area contributed by atoms with Gasteiger partial charge < -0.3 is 19.7 Å². The van der Waals surface area contributed by atoms with Gasteiger partial charge in [-0.2, -0.15) is 5.10 Å². The summed E-state index contributed by atoms with van der Waals surface area (Å²) in [6.07, 6.45) is -0.435. The number of H-pyrrole nitrogens is 3. The van der Waals surface area contributed by atoms with E-state index in [0.29, 0.717) is 5.56 Å². The number of halogens is 2. The SMILES string of the molecule is O=C(O)c1ccc(COC2CN(c3cc(-c4c[nH]c(=O)[nH]c4=O)n[nH]c3=O)CC2(F)F)cc1.